The van der Waals surface area contributed by atoms with Crippen LogP contribution in [0.4, 0.5) is 0 Å². The monoisotopic (exact) mass is 199 g/mol. The van der Waals surface area contributed by atoms with Gasteiger partial charge in [-0.2, -0.15) is 0 Å². The SMILES string of the molecule is CCC1(CC)C(=O)NCC(C)(C)N1[O]. The van der Waals surface area contributed by atoms with Gasteiger partial charge < -0.3 is 5.32 Å². The van der Waals surface area contributed by atoms with Crippen molar-refractivity contribution >= 4 is 5.91 Å². The Labute approximate surface area is 85.2 Å². The number of piperazine rings is 1. The first kappa shape index (κ1) is 11.5. The molecule has 0 atom stereocenters. The van der Waals surface area contributed by atoms with Crippen molar-refractivity contribution in [3.05, 3.63) is 0 Å². The summed E-state index contributed by atoms with van der Waals surface area (Å²) in [7, 11) is 0. The highest BCUT2D eigenvalue weighted by molar-refractivity contribution is 5.87. The first-order valence-electron chi connectivity index (χ1n) is 5.16. The van der Waals surface area contributed by atoms with Gasteiger partial charge in [0.25, 0.3) is 0 Å². The molecule has 0 aromatic carbocycles. The van der Waals surface area contributed by atoms with E-state index in [0.717, 1.165) is 5.06 Å². The molecule has 0 unspecified atom stereocenters. The summed E-state index contributed by atoms with van der Waals surface area (Å²) in [4.78, 5) is 11.7. The fourth-order valence-electron chi connectivity index (χ4n) is 2.06. The smallest absolute Gasteiger partial charge is 0.243 e. The highest BCUT2D eigenvalue weighted by Crippen LogP contribution is 2.32. The summed E-state index contributed by atoms with van der Waals surface area (Å²) in [5.74, 6) is -0.128. The molecule has 1 saturated heterocycles. The van der Waals surface area contributed by atoms with Crippen LogP contribution in [0.5, 0.6) is 0 Å². The van der Waals surface area contributed by atoms with Gasteiger partial charge in [-0.05, 0) is 26.7 Å². The quantitative estimate of drug-likeness (QED) is 0.724. The third-order valence-corrected chi connectivity index (χ3v) is 3.21. The number of hydroxylamine groups is 2. The molecule has 0 spiro atoms. The van der Waals surface area contributed by atoms with Gasteiger partial charge in [0, 0.05) is 6.54 Å². The second-order valence-electron chi connectivity index (χ2n) is 4.53. The molecule has 1 amide bonds. The highest BCUT2D eigenvalue weighted by Gasteiger charge is 2.51. The van der Waals surface area contributed by atoms with E-state index in [-0.39, 0.29) is 5.91 Å². The molecule has 0 aromatic heterocycles. The van der Waals surface area contributed by atoms with Gasteiger partial charge in [-0.15, -0.1) is 10.3 Å². The molecular formula is C10H19N2O2. The lowest BCUT2D eigenvalue weighted by atomic mass is 9.84. The summed E-state index contributed by atoms with van der Waals surface area (Å²) in [5, 5.41) is 15.9. The maximum absolute atomic E-state index is 12.1. The molecule has 0 aliphatic carbocycles. The van der Waals surface area contributed by atoms with Crippen LogP contribution in [0.3, 0.4) is 0 Å². The molecule has 14 heavy (non-hydrogen) atoms. The Balaban J connectivity index is 3.05. The lowest BCUT2D eigenvalue weighted by Gasteiger charge is -2.48. The van der Waals surface area contributed by atoms with Crippen molar-refractivity contribution in [1.29, 1.82) is 0 Å². The van der Waals surface area contributed by atoms with E-state index < -0.39 is 11.1 Å². The summed E-state index contributed by atoms with van der Waals surface area (Å²) in [6.07, 6.45) is 1.12. The van der Waals surface area contributed by atoms with Gasteiger partial charge in [0.05, 0.1) is 5.54 Å². The zero-order valence-corrected chi connectivity index (χ0v) is 9.39. The largest absolute Gasteiger partial charge is 0.352 e. The zero-order valence-electron chi connectivity index (χ0n) is 9.39. The van der Waals surface area contributed by atoms with Crippen LogP contribution < -0.4 is 5.32 Å². The van der Waals surface area contributed by atoms with Gasteiger partial charge in [0.2, 0.25) is 5.91 Å². The molecule has 0 bridgehead atoms. The molecule has 4 heteroatoms. The minimum atomic E-state index is -0.859. The number of hydrogen-bond donors (Lipinski definition) is 1. The Kier molecular flexibility index (Phi) is 2.88. The highest BCUT2D eigenvalue weighted by atomic mass is 16.5. The normalized spacial score (nSPS) is 25.9. The van der Waals surface area contributed by atoms with E-state index in [0.29, 0.717) is 19.4 Å². The van der Waals surface area contributed by atoms with Crippen LogP contribution in [0.25, 0.3) is 0 Å². The molecule has 1 aliphatic rings. The van der Waals surface area contributed by atoms with Crippen LogP contribution in [0.1, 0.15) is 40.5 Å². The molecule has 1 aliphatic heterocycles. The molecule has 1 N–H and O–H groups in total. The first-order chi connectivity index (χ1) is 6.40. The number of carbonyl (C=O) groups excluding carboxylic acids is 1. The van der Waals surface area contributed by atoms with E-state index in [2.05, 4.69) is 5.32 Å². The lowest BCUT2D eigenvalue weighted by Crippen LogP contribution is -2.70. The summed E-state index contributed by atoms with van der Waals surface area (Å²) >= 11 is 0. The van der Waals surface area contributed by atoms with Crippen molar-refractivity contribution in [2.75, 3.05) is 6.54 Å². The maximum atomic E-state index is 12.1. The van der Waals surface area contributed by atoms with Gasteiger partial charge in [-0.1, -0.05) is 13.8 Å². The van der Waals surface area contributed by atoms with Crippen molar-refractivity contribution in [3.8, 4) is 0 Å². The minimum absolute atomic E-state index is 0.128. The Morgan fingerprint density at radius 2 is 1.86 bits per heavy atom. The van der Waals surface area contributed by atoms with E-state index in [9.17, 15) is 10.0 Å². The van der Waals surface area contributed by atoms with Crippen LogP contribution >= 0.6 is 0 Å². The van der Waals surface area contributed by atoms with Crippen LogP contribution in [-0.4, -0.2) is 28.6 Å². The van der Waals surface area contributed by atoms with E-state index >= 15 is 0 Å². The van der Waals surface area contributed by atoms with E-state index in [1.807, 2.05) is 27.7 Å². The van der Waals surface area contributed by atoms with Crippen molar-refractivity contribution in [2.45, 2.75) is 51.6 Å². The Morgan fingerprint density at radius 3 is 2.21 bits per heavy atom. The molecule has 0 aromatic rings. The summed E-state index contributed by atoms with van der Waals surface area (Å²) in [5.41, 5.74) is -1.36. The van der Waals surface area contributed by atoms with E-state index in [1.165, 1.54) is 0 Å². The Bertz CT molecular complexity index is 234. The van der Waals surface area contributed by atoms with Crippen LogP contribution in [0, 0.1) is 0 Å². The number of nitrogens with zero attached hydrogens (tertiary/aromatic N) is 1. The summed E-state index contributed by atoms with van der Waals surface area (Å²) in [6, 6.07) is 0. The Hall–Kier alpha value is -0.610. The molecular weight excluding hydrogens is 180 g/mol. The molecule has 1 rings (SSSR count). The molecule has 1 fully saturated rings. The average molecular weight is 199 g/mol. The number of hydrogen-bond acceptors (Lipinski definition) is 2. The van der Waals surface area contributed by atoms with Crippen LogP contribution in [0.15, 0.2) is 0 Å². The van der Waals surface area contributed by atoms with Crippen molar-refractivity contribution < 1.29 is 10.0 Å². The maximum Gasteiger partial charge on any atom is 0.243 e. The molecule has 1 heterocycles. The van der Waals surface area contributed by atoms with Crippen LogP contribution in [-0.2, 0) is 10.0 Å². The zero-order chi connectivity index (χ0) is 11.0. The lowest BCUT2D eigenvalue weighted by molar-refractivity contribution is -0.282. The standard InChI is InChI=1S/C10H19N2O2/c1-5-10(6-2)8(13)11-7-9(3,4)12(10)14/h5-7H2,1-4H3,(H,11,13). The third-order valence-electron chi connectivity index (χ3n) is 3.21. The average Bonchev–Trinajstić information content (AvgIpc) is 2.16. The van der Waals surface area contributed by atoms with E-state index in [1.54, 1.807) is 0 Å². The number of amides is 1. The predicted octanol–water partition coefficient (Wildman–Crippen LogP) is 1.10. The molecule has 81 valence electrons. The topological polar surface area (TPSA) is 52.2 Å². The molecule has 4 nitrogen and oxygen atoms in total. The number of nitrogens with one attached hydrogen (secondary N) is 1. The van der Waals surface area contributed by atoms with Gasteiger partial charge in [-0.3, -0.25) is 4.79 Å². The predicted molar refractivity (Wildman–Crippen MR) is 52.9 cm³/mol. The molecule has 0 saturated carbocycles. The van der Waals surface area contributed by atoms with Gasteiger partial charge in [-0.25, -0.2) is 0 Å². The number of carbonyl (C=O) groups is 1. The second kappa shape index (κ2) is 3.51. The second-order valence-corrected chi connectivity index (χ2v) is 4.53. The van der Waals surface area contributed by atoms with Crippen LogP contribution in [0.2, 0.25) is 0 Å². The fraction of sp³-hybridized carbons (Fsp3) is 0.900. The van der Waals surface area contributed by atoms with Gasteiger partial charge in [0.15, 0.2) is 0 Å². The van der Waals surface area contributed by atoms with Crippen molar-refractivity contribution in [1.82, 2.24) is 10.4 Å². The minimum Gasteiger partial charge on any atom is -0.352 e. The Morgan fingerprint density at radius 1 is 1.36 bits per heavy atom. The number of rotatable bonds is 2. The third kappa shape index (κ3) is 1.42. The fourth-order valence-corrected chi connectivity index (χ4v) is 2.06. The summed E-state index contributed by atoms with van der Waals surface area (Å²) in [6.45, 7) is 7.92. The van der Waals surface area contributed by atoms with E-state index in [4.69, 9.17) is 0 Å². The first-order valence-corrected chi connectivity index (χ1v) is 5.16. The summed E-state index contributed by atoms with van der Waals surface area (Å²) < 4.78 is 0. The van der Waals surface area contributed by atoms with Gasteiger partial charge >= 0.3 is 0 Å². The molecule has 1 radical (unpaired) electrons. The van der Waals surface area contributed by atoms with Gasteiger partial charge in [0.1, 0.15) is 5.54 Å². The van der Waals surface area contributed by atoms with Crippen molar-refractivity contribution in [2.24, 2.45) is 0 Å². The van der Waals surface area contributed by atoms with Crippen molar-refractivity contribution in [3.63, 3.8) is 0 Å².